The average Bonchev–Trinajstić information content (AvgIpc) is 3.23. The second-order valence-corrected chi connectivity index (χ2v) is 6.89. The standard InChI is InChI=1S/C21H20N2O3S/c1-26-14-16-9-7-15(8-10-16)13-22-20(24)17-4-2-5-18(12-17)23-21(25)19-6-3-11-27-19/h2-12H,13-14H2,1H3,(H,22,24)(H,23,25). The van der Waals surface area contributed by atoms with E-state index in [0.29, 0.717) is 29.3 Å². The van der Waals surface area contributed by atoms with Crippen molar-refractivity contribution in [2.45, 2.75) is 13.2 Å². The third-order valence-corrected chi connectivity index (χ3v) is 4.78. The van der Waals surface area contributed by atoms with Gasteiger partial charge in [-0.25, -0.2) is 0 Å². The second-order valence-electron chi connectivity index (χ2n) is 5.94. The van der Waals surface area contributed by atoms with Crippen LogP contribution in [-0.2, 0) is 17.9 Å². The highest BCUT2D eigenvalue weighted by molar-refractivity contribution is 7.12. The van der Waals surface area contributed by atoms with Crippen LogP contribution in [0.15, 0.2) is 66.0 Å². The van der Waals surface area contributed by atoms with Gasteiger partial charge in [0, 0.05) is 24.9 Å². The molecule has 2 amide bonds. The van der Waals surface area contributed by atoms with Gasteiger partial charge in [0.2, 0.25) is 0 Å². The van der Waals surface area contributed by atoms with Crippen LogP contribution in [0.4, 0.5) is 5.69 Å². The summed E-state index contributed by atoms with van der Waals surface area (Å²) in [6.45, 7) is 0.995. The monoisotopic (exact) mass is 380 g/mol. The van der Waals surface area contributed by atoms with Gasteiger partial charge in [-0.3, -0.25) is 9.59 Å². The van der Waals surface area contributed by atoms with Gasteiger partial charge in [-0.15, -0.1) is 11.3 Å². The smallest absolute Gasteiger partial charge is 0.265 e. The van der Waals surface area contributed by atoms with Crippen molar-refractivity contribution in [1.29, 1.82) is 0 Å². The van der Waals surface area contributed by atoms with Crippen molar-refractivity contribution in [3.05, 3.63) is 87.6 Å². The highest BCUT2D eigenvalue weighted by atomic mass is 32.1. The summed E-state index contributed by atoms with van der Waals surface area (Å²) in [7, 11) is 1.66. The molecule has 1 aromatic heterocycles. The van der Waals surface area contributed by atoms with Crippen molar-refractivity contribution in [1.82, 2.24) is 5.32 Å². The summed E-state index contributed by atoms with van der Waals surface area (Å²) in [6.07, 6.45) is 0. The predicted molar refractivity (Wildman–Crippen MR) is 107 cm³/mol. The minimum atomic E-state index is -0.191. The Labute approximate surface area is 162 Å². The van der Waals surface area contributed by atoms with E-state index in [1.54, 1.807) is 37.4 Å². The SMILES string of the molecule is COCc1ccc(CNC(=O)c2cccc(NC(=O)c3cccs3)c2)cc1. The highest BCUT2D eigenvalue weighted by Gasteiger charge is 2.10. The van der Waals surface area contributed by atoms with E-state index in [4.69, 9.17) is 4.74 Å². The van der Waals surface area contributed by atoms with Gasteiger partial charge in [0.05, 0.1) is 11.5 Å². The normalized spacial score (nSPS) is 10.4. The van der Waals surface area contributed by atoms with Crippen LogP contribution in [0.5, 0.6) is 0 Å². The van der Waals surface area contributed by atoms with Crippen LogP contribution < -0.4 is 10.6 Å². The lowest BCUT2D eigenvalue weighted by molar-refractivity contribution is 0.0949. The first-order valence-corrected chi connectivity index (χ1v) is 9.33. The molecule has 3 rings (SSSR count). The number of hydrogen-bond donors (Lipinski definition) is 2. The second kappa shape index (κ2) is 9.12. The minimum Gasteiger partial charge on any atom is -0.380 e. The number of carbonyl (C=O) groups is 2. The lowest BCUT2D eigenvalue weighted by Crippen LogP contribution is -2.23. The van der Waals surface area contributed by atoms with E-state index in [1.165, 1.54) is 11.3 Å². The Hall–Kier alpha value is -2.96. The molecule has 0 fully saturated rings. The fourth-order valence-corrected chi connectivity index (χ4v) is 3.16. The van der Waals surface area contributed by atoms with E-state index in [0.717, 1.165) is 11.1 Å². The van der Waals surface area contributed by atoms with E-state index >= 15 is 0 Å². The molecule has 0 aliphatic carbocycles. The van der Waals surface area contributed by atoms with Crippen LogP contribution in [0.1, 0.15) is 31.2 Å². The molecule has 0 bridgehead atoms. The largest absolute Gasteiger partial charge is 0.380 e. The third-order valence-electron chi connectivity index (χ3n) is 3.91. The summed E-state index contributed by atoms with van der Waals surface area (Å²) in [5.41, 5.74) is 3.17. The Bertz CT molecular complexity index is 905. The molecule has 0 saturated carbocycles. The van der Waals surface area contributed by atoms with Gasteiger partial charge in [-0.05, 0) is 40.8 Å². The van der Waals surface area contributed by atoms with E-state index < -0.39 is 0 Å². The molecule has 3 aromatic rings. The predicted octanol–water partition coefficient (Wildman–Crippen LogP) is 4.08. The number of nitrogens with one attached hydrogen (secondary N) is 2. The Morgan fingerprint density at radius 1 is 0.963 bits per heavy atom. The van der Waals surface area contributed by atoms with Crippen LogP contribution in [0.2, 0.25) is 0 Å². The number of carbonyl (C=O) groups excluding carboxylic acids is 2. The molecular formula is C21H20N2O3S. The number of benzene rings is 2. The van der Waals surface area contributed by atoms with Gasteiger partial charge in [0.15, 0.2) is 0 Å². The van der Waals surface area contributed by atoms with E-state index in [2.05, 4.69) is 10.6 Å². The number of thiophene rings is 1. The molecule has 0 spiro atoms. The first-order valence-electron chi connectivity index (χ1n) is 8.45. The van der Waals surface area contributed by atoms with E-state index in [9.17, 15) is 9.59 Å². The Kier molecular flexibility index (Phi) is 6.35. The zero-order valence-electron chi connectivity index (χ0n) is 14.9. The van der Waals surface area contributed by atoms with E-state index in [-0.39, 0.29) is 11.8 Å². The molecule has 1 heterocycles. The van der Waals surface area contributed by atoms with Gasteiger partial charge in [-0.1, -0.05) is 36.4 Å². The fourth-order valence-electron chi connectivity index (χ4n) is 2.54. The van der Waals surface area contributed by atoms with Gasteiger partial charge >= 0.3 is 0 Å². The van der Waals surface area contributed by atoms with Crippen LogP contribution >= 0.6 is 11.3 Å². The number of methoxy groups -OCH3 is 1. The molecular weight excluding hydrogens is 360 g/mol. The lowest BCUT2D eigenvalue weighted by Gasteiger charge is -2.09. The van der Waals surface area contributed by atoms with Crippen molar-refractivity contribution in [2.75, 3.05) is 12.4 Å². The molecule has 0 atom stereocenters. The number of ether oxygens (including phenoxy) is 1. The van der Waals surface area contributed by atoms with Crippen LogP contribution in [0.25, 0.3) is 0 Å². The molecule has 138 valence electrons. The molecule has 27 heavy (non-hydrogen) atoms. The van der Waals surface area contributed by atoms with Crippen molar-refractivity contribution in [3.63, 3.8) is 0 Å². The molecule has 0 unspecified atom stereocenters. The molecule has 0 aliphatic heterocycles. The zero-order valence-corrected chi connectivity index (χ0v) is 15.7. The Morgan fingerprint density at radius 2 is 1.74 bits per heavy atom. The highest BCUT2D eigenvalue weighted by Crippen LogP contribution is 2.15. The lowest BCUT2D eigenvalue weighted by atomic mass is 10.1. The molecule has 2 aromatic carbocycles. The maximum Gasteiger partial charge on any atom is 0.265 e. The average molecular weight is 380 g/mol. The fraction of sp³-hybridized carbons (Fsp3) is 0.143. The topological polar surface area (TPSA) is 67.4 Å². The van der Waals surface area contributed by atoms with Crippen molar-refractivity contribution in [3.8, 4) is 0 Å². The van der Waals surface area contributed by atoms with Crippen LogP contribution in [-0.4, -0.2) is 18.9 Å². The zero-order chi connectivity index (χ0) is 19.1. The van der Waals surface area contributed by atoms with Crippen molar-refractivity contribution < 1.29 is 14.3 Å². The molecule has 5 nitrogen and oxygen atoms in total. The van der Waals surface area contributed by atoms with Crippen LogP contribution in [0.3, 0.4) is 0 Å². The first kappa shape index (κ1) is 18.8. The summed E-state index contributed by atoms with van der Waals surface area (Å²) in [6, 6.07) is 18.4. The third kappa shape index (κ3) is 5.26. The van der Waals surface area contributed by atoms with Crippen molar-refractivity contribution >= 4 is 28.8 Å². The van der Waals surface area contributed by atoms with Crippen molar-refractivity contribution in [2.24, 2.45) is 0 Å². The number of hydrogen-bond acceptors (Lipinski definition) is 4. The van der Waals surface area contributed by atoms with E-state index in [1.807, 2.05) is 35.7 Å². The van der Waals surface area contributed by atoms with Crippen LogP contribution in [0, 0.1) is 0 Å². The molecule has 0 radical (unpaired) electrons. The van der Waals surface area contributed by atoms with Gasteiger partial charge < -0.3 is 15.4 Å². The van der Waals surface area contributed by atoms with Gasteiger partial charge in [0.1, 0.15) is 0 Å². The Balaban J connectivity index is 1.59. The number of anilines is 1. The summed E-state index contributed by atoms with van der Waals surface area (Å²) < 4.78 is 5.09. The summed E-state index contributed by atoms with van der Waals surface area (Å²) in [4.78, 5) is 25.2. The number of amides is 2. The molecule has 0 aliphatic rings. The van der Waals surface area contributed by atoms with Gasteiger partial charge in [-0.2, -0.15) is 0 Å². The maximum atomic E-state index is 12.4. The molecule has 0 saturated heterocycles. The summed E-state index contributed by atoms with van der Waals surface area (Å²) in [5.74, 6) is -0.373. The summed E-state index contributed by atoms with van der Waals surface area (Å²) in [5, 5.41) is 7.55. The first-order chi connectivity index (χ1) is 13.2. The summed E-state index contributed by atoms with van der Waals surface area (Å²) >= 11 is 1.37. The van der Waals surface area contributed by atoms with Gasteiger partial charge in [0.25, 0.3) is 11.8 Å². The number of rotatable bonds is 7. The molecule has 6 heteroatoms. The maximum absolute atomic E-state index is 12.4. The quantitative estimate of drug-likeness (QED) is 0.649. The minimum absolute atomic E-state index is 0.182. The molecule has 2 N–H and O–H groups in total. The Morgan fingerprint density at radius 3 is 2.44 bits per heavy atom.